The van der Waals surface area contributed by atoms with Gasteiger partial charge in [-0.25, -0.2) is 0 Å². The molecule has 0 radical (unpaired) electrons. The van der Waals surface area contributed by atoms with E-state index in [4.69, 9.17) is 10.4 Å². The number of amides is 1. The maximum Gasteiger partial charge on any atom is 0.305 e. The number of carboxylic acids is 1. The summed E-state index contributed by atoms with van der Waals surface area (Å²) in [5.41, 5.74) is 3.38. The molecule has 0 fully saturated rings. The highest BCUT2D eigenvalue weighted by Crippen LogP contribution is 2.21. The average Bonchev–Trinajstić information content (AvgIpc) is 3.07. The third-order valence-electron chi connectivity index (χ3n) is 4.24. The first kappa shape index (κ1) is 17.2. The summed E-state index contributed by atoms with van der Waals surface area (Å²) in [5.74, 6) is -1.40. The van der Waals surface area contributed by atoms with Crippen LogP contribution in [0.25, 0.3) is 10.9 Å². The number of fused-ring (bicyclic) bond motifs is 1. The number of para-hydroxylation sites is 1. The second-order valence-electron chi connectivity index (χ2n) is 6.08. The van der Waals surface area contributed by atoms with E-state index in [1.165, 1.54) is 0 Å². The molecular formula is C20H17N3O3. The number of hydrogen-bond acceptors (Lipinski definition) is 3. The van der Waals surface area contributed by atoms with Crippen molar-refractivity contribution in [2.75, 3.05) is 0 Å². The molecule has 0 aliphatic rings. The maximum absolute atomic E-state index is 12.6. The van der Waals surface area contributed by atoms with Crippen LogP contribution in [-0.2, 0) is 4.79 Å². The minimum atomic E-state index is -1.02. The largest absolute Gasteiger partial charge is 0.481 e. The molecule has 0 bridgehead atoms. The van der Waals surface area contributed by atoms with Gasteiger partial charge in [-0.2, -0.15) is 5.26 Å². The zero-order chi connectivity index (χ0) is 18.7. The number of carboxylic acid groups (broad SMARTS) is 1. The van der Waals surface area contributed by atoms with E-state index in [-0.39, 0.29) is 12.3 Å². The van der Waals surface area contributed by atoms with Gasteiger partial charge in [0.15, 0.2) is 0 Å². The van der Waals surface area contributed by atoms with E-state index in [0.29, 0.717) is 16.8 Å². The second-order valence-corrected chi connectivity index (χ2v) is 6.08. The molecule has 3 rings (SSSR count). The van der Waals surface area contributed by atoms with Gasteiger partial charge in [0, 0.05) is 10.9 Å². The number of aryl methyl sites for hydroxylation is 1. The highest BCUT2D eigenvalue weighted by Gasteiger charge is 2.20. The Kier molecular flexibility index (Phi) is 4.72. The van der Waals surface area contributed by atoms with E-state index in [1.54, 1.807) is 30.3 Å². The lowest BCUT2D eigenvalue weighted by molar-refractivity contribution is -0.137. The summed E-state index contributed by atoms with van der Waals surface area (Å²) in [4.78, 5) is 26.9. The molecule has 3 N–H and O–H groups in total. The number of hydrogen-bond donors (Lipinski definition) is 3. The van der Waals surface area contributed by atoms with Crippen LogP contribution in [0, 0.1) is 18.3 Å². The summed E-state index contributed by atoms with van der Waals surface area (Å²) < 4.78 is 0. The lowest BCUT2D eigenvalue weighted by Gasteiger charge is -2.17. The third-order valence-corrected chi connectivity index (χ3v) is 4.24. The van der Waals surface area contributed by atoms with Gasteiger partial charge >= 0.3 is 5.97 Å². The Bertz CT molecular complexity index is 1010. The van der Waals surface area contributed by atoms with E-state index in [9.17, 15) is 9.59 Å². The molecule has 0 aliphatic heterocycles. The van der Waals surface area contributed by atoms with Crippen molar-refractivity contribution in [1.29, 1.82) is 5.26 Å². The molecule has 0 aliphatic carbocycles. The van der Waals surface area contributed by atoms with E-state index < -0.39 is 12.0 Å². The van der Waals surface area contributed by atoms with Crippen molar-refractivity contribution < 1.29 is 14.7 Å². The summed E-state index contributed by atoms with van der Waals surface area (Å²) in [5, 5.41) is 21.7. The molecule has 0 saturated carbocycles. The van der Waals surface area contributed by atoms with Crippen LogP contribution >= 0.6 is 0 Å². The minimum absolute atomic E-state index is 0.253. The highest BCUT2D eigenvalue weighted by molar-refractivity contribution is 5.99. The van der Waals surface area contributed by atoms with Crippen LogP contribution in [0.15, 0.2) is 48.5 Å². The van der Waals surface area contributed by atoms with Crippen LogP contribution in [0.2, 0.25) is 0 Å². The second kappa shape index (κ2) is 7.11. The quantitative estimate of drug-likeness (QED) is 0.658. The molecule has 1 aromatic heterocycles. The first-order chi connectivity index (χ1) is 12.5. The lowest BCUT2D eigenvalue weighted by atomic mass is 10.0. The summed E-state index contributed by atoms with van der Waals surface area (Å²) in [7, 11) is 0. The number of carbonyl (C=O) groups is 2. The van der Waals surface area contributed by atoms with Crippen LogP contribution in [0.4, 0.5) is 0 Å². The number of benzene rings is 2. The maximum atomic E-state index is 12.6. The van der Waals surface area contributed by atoms with Crippen LogP contribution in [-0.4, -0.2) is 22.0 Å². The molecule has 26 heavy (non-hydrogen) atoms. The van der Waals surface area contributed by atoms with Gasteiger partial charge in [0.05, 0.1) is 24.1 Å². The fraction of sp³-hybridized carbons (Fsp3) is 0.150. The van der Waals surface area contributed by atoms with Crippen molar-refractivity contribution in [3.63, 3.8) is 0 Å². The van der Waals surface area contributed by atoms with E-state index in [1.807, 2.05) is 31.2 Å². The first-order valence-electron chi connectivity index (χ1n) is 8.09. The summed E-state index contributed by atoms with van der Waals surface area (Å²) >= 11 is 0. The minimum Gasteiger partial charge on any atom is -0.481 e. The summed E-state index contributed by atoms with van der Waals surface area (Å²) in [6, 6.07) is 15.3. The van der Waals surface area contributed by atoms with Crippen molar-refractivity contribution >= 4 is 22.8 Å². The van der Waals surface area contributed by atoms with Crippen LogP contribution < -0.4 is 5.32 Å². The molecule has 6 heteroatoms. The number of rotatable bonds is 5. The Morgan fingerprint density at radius 1 is 1.23 bits per heavy atom. The van der Waals surface area contributed by atoms with Crippen molar-refractivity contribution in [2.45, 2.75) is 19.4 Å². The topological polar surface area (TPSA) is 106 Å². The monoisotopic (exact) mass is 347 g/mol. The fourth-order valence-electron chi connectivity index (χ4n) is 2.88. The molecule has 1 amide bonds. The number of H-pyrrole nitrogens is 1. The fourth-order valence-corrected chi connectivity index (χ4v) is 2.88. The number of aromatic amines is 1. The van der Waals surface area contributed by atoms with E-state index in [0.717, 1.165) is 16.5 Å². The van der Waals surface area contributed by atoms with Gasteiger partial charge in [0.1, 0.15) is 5.69 Å². The average molecular weight is 347 g/mol. The molecule has 3 aromatic rings. The molecular weight excluding hydrogens is 330 g/mol. The van der Waals surface area contributed by atoms with E-state index in [2.05, 4.69) is 10.3 Å². The number of nitrogens with one attached hydrogen (secondary N) is 2. The van der Waals surface area contributed by atoms with Gasteiger partial charge in [-0.3, -0.25) is 9.59 Å². The molecule has 6 nitrogen and oxygen atoms in total. The molecule has 0 saturated heterocycles. The van der Waals surface area contributed by atoms with Gasteiger partial charge in [0.2, 0.25) is 0 Å². The number of aliphatic carboxylic acids is 1. The van der Waals surface area contributed by atoms with Gasteiger partial charge in [-0.15, -0.1) is 0 Å². The zero-order valence-corrected chi connectivity index (χ0v) is 14.1. The van der Waals surface area contributed by atoms with Crippen molar-refractivity contribution in [3.8, 4) is 6.07 Å². The normalized spacial score (nSPS) is 11.7. The summed E-state index contributed by atoms with van der Waals surface area (Å²) in [6.45, 7) is 1.95. The predicted molar refractivity (Wildman–Crippen MR) is 96.7 cm³/mol. The van der Waals surface area contributed by atoms with Crippen molar-refractivity contribution in [3.05, 3.63) is 70.9 Å². The highest BCUT2D eigenvalue weighted by atomic mass is 16.4. The van der Waals surface area contributed by atoms with Crippen molar-refractivity contribution in [2.24, 2.45) is 0 Å². The van der Waals surface area contributed by atoms with Crippen LogP contribution in [0.3, 0.4) is 0 Å². The SMILES string of the molecule is Cc1cccc2cc(C(=O)NC(CC(=O)O)c3ccc(C#N)cc3)[nH]c12. The zero-order valence-electron chi connectivity index (χ0n) is 14.1. The molecule has 130 valence electrons. The Balaban J connectivity index is 1.87. The Morgan fingerprint density at radius 3 is 2.58 bits per heavy atom. The number of nitriles is 1. The number of carbonyl (C=O) groups excluding carboxylic acids is 1. The van der Waals surface area contributed by atoms with Gasteiger partial charge in [-0.05, 0) is 36.2 Å². The predicted octanol–water partition coefficient (Wildman–Crippen LogP) is 3.29. The van der Waals surface area contributed by atoms with E-state index >= 15 is 0 Å². The summed E-state index contributed by atoms with van der Waals surface area (Å²) in [6.07, 6.45) is -0.253. The van der Waals surface area contributed by atoms with Gasteiger partial charge in [0.25, 0.3) is 5.91 Å². The smallest absolute Gasteiger partial charge is 0.305 e. The van der Waals surface area contributed by atoms with Crippen LogP contribution in [0.5, 0.6) is 0 Å². The standard InChI is InChI=1S/C20H17N3O3/c1-12-3-2-4-15-9-17(22-19(12)15)20(26)23-16(10-18(24)25)14-7-5-13(11-21)6-8-14/h2-9,16,22H,10H2,1H3,(H,23,26)(H,24,25). The Hall–Kier alpha value is -3.59. The number of nitrogens with zero attached hydrogens (tertiary/aromatic N) is 1. The molecule has 1 heterocycles. The van der Waals surface area contributed by atoms with Gasteiger partial charge < -0.3 is 15.4 Å². The Labute approximate surface area is 150 Å². The molecule has 2 aromatic carbocycles. The molecule has 1 atom stereocenters. The van der Waals surface area contributed by atoms with Gasteiger partial charge in [-0.1, -0.05) is 30.3 Å². The number of aromatic nitrogens is 1. The van der Waals surface area contributed by atoms with Crippen molar-refractivity contribution in [1.82, 2.24) is 10.3 Å². The molecule has 1 unspecified atom stereocenters. The Morgan fingerprint density at radius 2 is 1.96 bits per heavy atom. The first-order valence-corrected chi connectivity index (χ1v) is 8.09. The third kappa shape index (κ3) is 3.57. The lowest BCUT2D eigenvalue weighted by Crippen LogP contribution is -2.30. The van der Waals surface area contributed by atoms with Crippen LogP contribution in [0.1, 0.15) is 39.6 Å². The molecule has 0 spiro atoms.